The summed E-state index contributed by atoms with van der Waals surface area (Å²) in [6.07, 6.45) is -4.24. The molecule has 2 aliphatic heterocycles. The molecule has 4 aromatic rings. The van der Waals surface area contributed by atoms with Gasteiger partial charge in [0.2, 0.25) is 0 Å². The Balaban J connectivity index is 1.52. The van der Waals surface area contributed by atoms with Crippen LogP contribution >= 0.6 is 10.9 Å². The quantitative estimate of drug-likeness (QED) is 0.124. The van der Waals surface area contributed by atoms with E-state index in [-0.39, 0.29) is 40.0 Å². The van der Waals surface area contributed by atoms with E-state index >= 15 is 0 Å². The van der Waals surface area contributed by atoms with E-state index in [4.69, 9.17) is 4.98 Å². The van der Waals surface area contributed by atoms with Crippen LogP contribution in [0.2, 0.25) is 0 Å². The van der Waals surface area contributed by atoms with Crippen molar-refractivity contribution in [3.63, 3.8) is 0 Å². The molecule has 1 unspecified atom stereocenters. The predicted octanol–water partition coefficient (Wildman–Crippen LogP) is 9.30. The Morgan fingerprint density at radius 3 is 2.26 bits per heavy atom. The summed E-state index contributed by atoms with van der Waals surface area (Å²) >= 11 is 0. The van der Waals surface area contributed by atoms with Crippen LogP contribution in [0.1, 0.15) is 72.1 Å². The molecule has 2 aliphatic rings. The molecule has 2 saturated heterocycles. The average molecular weight is 773 g/mol. The molecule has 0 bridgehead atoms. The van der Waals surface area contributed by atoms with E-state index in [0.717, 1.165) is 50.9 Å². The van der Waals surface area contributed by atoms with Gasteiger partial charge < -0.3 is 14.9 Å². The molecule has 7 nitrogen and oxygen atoms in total. The van der Waals surface area contributed by atoms with Crippen LogP contribution in [0.25, 0.3) is 22.2 Å². The van der Waals surface area contributed by atoms with Gasteiger partial charge in [0.15, 0.2) is 6.04 Å². The molecule has 54 heavy (non-hydrogen) atoms. The molecule has 1 amide bonds. The van der Waals surface area contributed by atoms with E-state index in [9.17, 15) is 31.1 Å². The average Bonchev–Trinajstić information content (AvgIpc) is 3.15. The van der Waals surface area contributed by atoms with Crippen molar-refractivity contribution in [1.82, 2.24) is 24.4 Å². The van der Waals surface area contributed by atoms with E-state index < -0.39 is 40.7 Å². The number of fused-ring (bicyclic) bond motifs is 1. The van der Waals surface area contributed by atoms with Crippen LogP contribution in [0.3, 0.4) is 0 Å². The van der Waals surface area contributed by atoms with Crippen LogP contribution in [-0.2, 0) is 12.7 Å². The van der Waals surface area contributed by atoms with Crippen LogP contribution in [0.4, 0.5) is 32.0 Å². The minimum Gasteiger partial charge on any atom is -0.337 e. The molecule has 290 valence electrons. The molecule has 0 spiro atoms. The summed E-state index contributed by atoms with van der Waals surface area (Å²) in [5.74, 6) is -0.995. The third kappa shape index (κ3) is 9.27. The van der Waals surface area contributed by atoms with Gasteiger partial charge in [-0.2, -0.15) is 26.3 Å². The molecule has 14 heteroatoms. The second kappa shape index (κ2) is 16.8. The number of nitrogens with zero attached hydrogens (tertiary/aromatic N) is 4. The van der Waals surface area contributed by atoms with E-state index in [1.54, 1.807) is 24.3 Å². The van der Waals surface area contributed by atoms with Crippen LogP contribution in [0, 0.1) is 0 Å². The number of carbonyl (C=O) groups is 1. The maximum absolute atomic E-state index is 14.7. The maximum atomic E-state index is 14.7. The fourth-order valence-electron chi connectivity index (χ4n) is 7.50. The van der Waals surface area contributed by atoms with Crippen LogP contribution < -0.4 is 10.0 Å². The minimum absolute atomic E-state index is 0.0513. The Labute approximate surface area is 314 Å². The zero-order valence-electron chi connectivity index (χ0n) is 30.6. The van der Waals surface area contributed by atoms with Crippen molar-refractivity contribution in [1.29, 1.82) is 0 Å². The number of likely N-dealkylation sites (tertiary alicyclic amines) is 2. The number of aromatic nitrogens is 1. The molecular formula is C40H46F6N6OS. The number of halogens is 6. The smallest absolute Gasteiger partial charge is 0.337 e. The molecule has 2 fully saturated rings. The summed E-state index contributed by atoms with van der Waals surface area (Å²) in [4.78, 5) is 24.2. The van der Waals surface area contributed by atoms with Crippen molar-refractivity contribution >= 4 is 38.7 Å². The van der Waals surface area contributed by atoms with Gasteiger partial charge in [-0.15, -0.1) is 0 Å². The lowest BCUT2D eigenvalue weighted by Crippen LogP contribution is -2.46. The molecule has 2 atom stereocenters. The maximum Gasteiger partial charge on any atom is 0.416 e. The van der Waals surface area contributed by atoms with Gasteiger partial charge in [-0.25, -0.2) is 9.29 Å². The van der Waals surface area contributed by atoms with Gasteiger partial charge in [0.1, 0.15) is 0 Å². The van der Waals surface area contributed by atoms with E-state index in [0.29, 0.717) is 30.2 Å². The first-order chi connectivity index (χ1) is 25.7. The first kappa shape index (κ1) is 39.7. The number of hydrogen-bond donors (Lipinski definition) is 2. The molecular weight excluding hydrogens is 727 g/mol. The summed E-state index contributed by atoms with van der Waals surface area (Å²) < 4.78 is 91.6. The van der Waals surface area contributed by atoms with Gasteiger partial charge >= 0.3 is 12.4 Å². The number of benzene rings is 3. The topological polar surface area (TPSA) is 63.7 Å². The zero-order valence-corrected chi connectivity index (χ0v) is 31.4. The zero-order chi connectivity index (χ0) is 38.6. The predicted molar refractivity (Wildman–Crippen MR) is 205 cm³/mol. The standard InChI is InChI=1S/C40H46F6N6OS/c1-4-54(50(2)3)49-30-16-17-34-32(25-30)35(38(53)48-37(40(44,45)46)27-12-7-5-8-13-27)33(36(47-34)28-14-11-15-29(24-28)39(41,42)43)26-51-22-18-31(19-23-51)52-20-9-6-10-21-52/h4-5,7-8,11-17,24-25,31,37,49H,6,9-10,18-23,26H2,1-3H3,(H,48,53)/t37-,54?/m1/s1. The number of rotatable bonds is 10. The Hall–Kier alpha value is -3.98. The lowest BCUT2D eigenvalue weighted by Gasteiger charge is -2.40. The van der Waals surface area contributed by atoms with Crippen LogP contribution in [0.5, 0.6) is 0 Å². The molecule has 6 rings (SSSR count). The van der Waals surface area contributed by atoms with Gasteiger partial charge in [0, 0.05) is 34.8 Å². The highest BCUT2D eigenvalue weighted by Gasteiger charge is 2.43. The van der Waals surface area contributed by atoms with Crippen molar-refractivity contribution < 1.29 is 31.1 Å². The molecule has 0 saturated carbocycles. The van der Waals surface area contributed by atoms with Gasteiger partial charge in [-0.1, -0.05) is 48.9 Å². The van der Waals surface area contributed by atoms with Gasteiger partial charge in [-0.05, 0) is 125 Å². The Kier molecular flexibility index (Phi) is 12.4. The first-order valence-corrected chi connectivity index (χ1v) is 19.5. The van der Waals surface area contributed by atoms with Gasteiger partial charge in [0.05, 0.1) is 22.3 Å². The lowest BCUT2D eigenvalue weighted by atomic mass is 9.93. The molecule has 1 aromatic heterocycles. The Morgan fingerprint density at radius 2 is 1.63 bits per heavy atom. The molecule has 2 N–H and O–H groups in total. The third-order valence-corrected chi connectivity index (χ3v) is 11.9. The number of anilines is 1. The van der Waals surface area contributed by atoms with E-state index in [1.165, 1.54) is 42.8 Å². The highest BCUT2D eigenvalue weighted by molar-refractivity contribution is 8.14. The summed E-state index contributed by atoms with van der Waals surface area (Å²) in [6.45, 7) is 5.40. The van der Waals surface area contributed by atoms with Crippen LogP contribution in [0.15, 0.2) is 72.8 Å². The molecule has 0 aliphatic carbocycles. The summed E-state index contributed by atoms with van der Waals surface area (Å²) in [5, 5.41) is 4.53. The fraction of sp³-hybridized carbons (Fsp3) is 0.425. The van der Waals surface area contributed by atoms with Crippen LogP contribution in [-0.4, -0.2) is 82.9 Å². The minimum atomic E-state index is -4.84. The summed E-state index contributed by atoms with van der Waals surface area (Å²) in [5.41, 5.74) is 0.283. The largest absolute Gasteiger partial charge is 0.416 e. The van der Waals surface area contributed by atoms with Crippen molar-refractivity contribution in [2.24, 2.45) is 0 Å². The van der Waals surface area contributed by atoms with Crippen molar-refractivity contribution in [2.75, 3.05) is 45.0 Å². The monoisotopic (exact) mass is 772 g/mol. The SMILES string of the molecule is C/C=S(\Nc1ccc2nc(-c3cccc(C(F)(F)F)c3)c(CN3CCC(N4CCCCC4)CC3)c(C(=O)N[C@H](c3ccccc3)C(F)(F)F)c2c1)N(C)C. The molecule has 0 radical (unpaired) electrons. The summed E-state index contributed by atoms with van der Waals surface area (Å²) in [6, 6.07) is 15.0. The number of nitrogens with one attached hydrogen (secondary N) is 2. The van der Waals surface area contributed by atoms with Crippen molar-refractivity contribution in [3.8, 4) is 11.3 Å². The second-order valence-corrected chi connectivity index (χ2v) is 16.1. The Bertz CT molecular complexity index is 1950. The normalized spacial score (nSPS) is 17.9. The third-order valence-electron chi connectivity index (χ3n) is 10.2. The molecule has 3 aromatic carbocycles. The Morgan fingerprint density at radius 1 is 0.926 bits per heavy atom. The first-order valence-electron chi connectivity index (χ1n) is 18.2. The lowest BCUT2D eigenvalue weighted by molar-refractivity contribution is -0.155. The van der Waals surface area contributed by atoms with E-state index in [1.807, 2.05) is 30.7 Å². The summed E-state index contributed by atoms with van der Waals surface area (Å²) in [7, 11) is 3.26. The number of carbonyl (C=O) groups excluding carboxylic acids is 1. The highest BCUT2D eigenvalue weighted by atomic mass is 32.2. The van der Waals surface area contributed by atoms with Gasteiger partial charge in [0.25, 0.3) is 5.91 Å². The number of amides is 1. The number of hydrogen-bond acceptors (Lipinski definition) is 6. The number of alkyl halides is 6. The molecule has 3 heterocycles. The second-order valence-electron chi connectivity index (χ2n) is 14.1. The fourth-order valence-corrected chi connectivity index (χ4v) is 8.59. The highest BCUT2D eigenvalue weighted by Crippen LogP contribution is 2.39. The van der Waals surface area contributed by atoms with Crippen molar-refractivity contribution in [3.05, 3.63) is 95.1 Å². The van der Waals surface area contributed by atoms with Crippen molar-refractivity contribution in [2.45, 2.75) is 70.0 Å². The van der Waals surface area contributed by atoms with Gasteiger partial charge in [-0.3, -0.25) is 9.69 Å². The number of pyridine rings is 1. The van der Waals surface area contributed by atoms with E-state index in [2.05, 4.69) is 19.8 Å². The number of piperidine rings is 2.